The van der Waals surface area contributed by atoms with E-state index in [1.54, 1.807) is 7.11 Å². The monoisotopic (exact) mass is 454 g/mol. The molecule has 0 aliphatic carbocycles. The number of benzene rings is 3. The lowest BCUT2D eigenvalue weighted by molar-refractivity contribution is 0.284. The van der Waals surface area contributed by atoms with Crippen molar-refractivity contribution in [1.82, 2.24) is 10.3 Å². The van der Waals surface area contributed by atoms with E-state index in [0.29, 0.717) is 34.7 Å². The molecule has 0 aliphatic rings. The van der Waals surface area contributed by atoms with Crippen molar-refractivity contribution in [2.24, 2.45) is 0 Å². The maximum absolute atomic E-state index is 6.51. The molecule has 31 heavy (non-hydrogen) atoms. The lowest BCUT2D eigenvalue weighted by Crippen LogP contribution is -2.16. The first-order valence-corrected chi connectivity index (χ1v) is 10.9. The van der Waals surface area contributed by atoms with Gasteiger partial charge >= 0.3 is 0 Å². The van der Waals surface area contributed by atoms with Gasteiger partial charge in [0.25, 0.3) is 0 Å². The van der Waals surface area contributed by atoms with Crippen molar-refractivity contribution in [1.29, 1.82) is 0 Å². The van der Waals surface area contributed by atoms with Crippen LogP contribution in [0.15, 0.2) is 66.9 Å². The lowest BCUT2D eigenvalue weighted by Gasteiger charge is -2.15. The van der Waals surface area contributed by atoms with Crippen molar-refractivity contribution in [3.05, 3.63) is 93.6 Å². The second-order valence-electron chi connectivity index (χ2n) is 7.31. The van der Waals surface area contributed by atoms with E-state index < -0.39 is 0 Å². The van der Waals surface area contributed by atoms with Gasteiger partial charge in [0.15, 0.2) is 11.5 Å². The summed E-state index contributed by atoms with van der Waals surface area (Å²) < 4.78 is 11.5. The molecule has 6 heteroatoms. The molecule has 1 aromatic heterocycles. The molecule has 0 fully saturated rings. The van der Waals surface area contributed by atoms with Crippen LogP contribution in [-0.4, -0.2) is 18.6 Å². The number of hydrogen-bond acceptors (Lipinski definition) is 3. The third-order valence-corrected chi connectivity index (χ3v) is 5.69. The molecule has 0 saturated heterocycles. The van der Waals surface area contributed by atoms with Crippen LogP contribution in [0.1, 0.15) is 16.7 Å². The first-order chi connectivity index (χ1) is 15.1. The van der Waals surface area contributed by atoms with Crippen LogP contribution in [0.4, 0.5) is 0 Å². The minimum atomic E-state index is 0.384. The van der Waals surface area contributed by atoms with Gasteiger partial charge in [0.1, 0.15) is 6.61 Å². The van der Waals surface area contributed by atoms with Gasteiger partial charge in [-0.3, -0.25) is 0 Å². The second kappa shape index (κ2) is 10.1. The average molecular weight is 455 g/mol. The zero-order valence-electron chi connectivity index (χ0n) is 17.3. The Morgan fingerprint density at radius 2 is 1.77 bits per heavy atom. The third kappa shape index (κ3) is 5.34. The maximum Gasteiger partial charge on any atom is 0.180 e. The summed E-state index contributed by atoms with van der Waals surface area (Å²) >= 11 is 12.4. The van der Waals surface area contributed by atoms with Crippen LogP contribution in [0.3, 0.4) is 0 Å². The second-order valence-corrected chi connectivity index (χ2v) is 8.15. The van der Waals surface area contributed by atoms with Crippen LogP contribution in [0.25, 0.3) is 10.9 Å². The number of H-pyrrole nitrogens is 1. The van der Waals surface area contributed by atoms with Crippen LogP contribution < -0.4 is 14.8 Å². The molecule has 4 rings (SSSR count). The highest BCUT2D eigenvalue weighted by Gasteiger charge is 2.12. The van der Waals surface area contributed by atoms with Crippen molar-refractivity contribution >= 4 is 34.1 Å². The Bertz CT molecular complexity index is 1160. The normalized spacial score (nSPS) is 11.1. The van der Waals surface area contributed by atoms with E-state index in [2.05, 4.69) is 34.7 Å². The van der Waals surface area contributed by atoms with Gasteiger partial charge in [-0.25, -0.2) is 0 Å². The number of aromatic amines is 1. The van der Waals surface area contributed by atoms with Crippen LogP contribution in [-0.2, 0) is 19.6 Å². The summed E-state index contributed by atoms with van der Waals surface area (Å²) in [6, 6.07) is 19.8. The molecule has 0 radical (unpaired) electrons. The lowest BCUT2D eigenvalue weighted by atomic mass is 10.1. The molecule has 0 spiro atoms. The highest BCUT2D eigenvalue weighted by atomic mass is 35.5. The predicted molar refractivity (Wildman–Crippen MR) is 127 cm³/mol. The van der Waals surface area contributed by atoms with Crippen LogP contribution in [0, 0.1) is 0 Å². The van der Waals surface area contributed by atoms with E-state index in [-0.39, 0.29) is 0 Å². The van der Waals surface area contributed by atoms with Gasteiger partial charge in [0, 0.05) is 28.7 Å². The fourth-order valence-electron chi connectivity index (χ4n) is 3.55. The van der Waals surface area contributed by atoms with E-state index in [4.69, 9.17) is 32.7 Å². The fraction of sp³-hybridized carbons (Fsp3) is 0.200. The Balaban J connectivity index is 1.35. The Hall–Kier alpha value is -2.66. The van der Waals surface area contributed by atoms with Gasteiger partial charge in [0.2, 0.25) is 0 Å². The molecule has 0 aliphatic heterocycles. The number of aromatic nitrogens is 1. The number of fused-ring (bicyclic) bond motifs is 1. The summed E-state index contributed by atoms with van der Waals surface area (Å²) in [7, 11) is 1.62. The number of hydrogen-bond donors (Lipinski definition) is 2. The van der Waals surface area contributed by atoms with Gasteiger partial charge in [-0.15, -0.1) is 0 Å². The Kier molecular flexibility index (Phi) is 7.03. The SMILES string of the molecule is COc1cc(CNCCc2c[nH]c3ccccc23)cc(Cl)c1OCc1ccc(Cl)cc1. The first kappa shape index (κ1) is 21.6. The van der Waals surface area contributed by atoms with Gasteiger partial charge < -0.3 is 19.8 Å². The third-order valence-electron chi connectivity index (χ3n) is 5.16. The zero-order chi connectivity index (χ0) is 21.6. The first-order valence-electron chi connectivity index (χ1n) is 10.1. The van der Waals surface area contributed by atoms with Crippen molar-refractivity contribution in [3.8, 4) is 11.5 Å². The number of methoxy groups -OCH3 is 1. The number of halogens is 2. The summed E-state index contributed by atoms with van der Waals surface area (Å²) in [5.41, 5.74) is 4.53. The zero-order valence-corrected chi connectivity index (χ0v) is 18.8. The molecule has 0 bridgehead atoms. The molecule has 1 heterocycles. The van der Waals surface area contributed by atoms with Crippen LogP contribution in [0.2, 0.25) is 10.0 Å². The number of ether oxygens (including phenoxy) is 2. The maximum atomic E-state index is 6.51. The van der Waals surface area contributed by atoms with Crippen molar-refractivity contribution in [2.75, 3.05) is 13.7 Å². The largest absolute Gasteiger partial charge is 0.493 e. The van der Waals surface area contributed by atoms with E-state index in [1.807, 2.05) is 42.5 Å². The van der Waals surface area contributed by atoms with E-state index in [1.165, 1.54) is 16.5 Å². The van der Waals surface area contributed by atoms with Crippen LogP contribution >= 0.6 is 23.2 Å². The molecular formula is C25H24Cl2N2O2. The highest BCUT2D eigenvalue weighted by molar-refractivity contribution is 6.32. The Morgan fingerprint density at radius 3 is 2.58 bits per heavy atom. The number of rotatable bonds is 9. The van der Waals surface area contributed by atoms with E-state index >= 15 is 0 Å². The highest BCUT2D eigenvalue weighted by Crippen LogP contribution is 2.37. The van der Waals surface area contributed by atoms with Crippen molar-refractivity contribution in [3.63, 3.8) is 0 Å². The van der Waals surface area contributed by atoms with Gasteiger partial charge in [-0.2, -0.15) is 0 Å². The standard InChI is InChI=1S/C25H24Cl2N2O2/c1-30-24-13-18(12-22(27)25(24)31-16-17-6-8-20(26)9-7-17)14-28-11-10-19-15-29-23-5-3-2-4-21(19)23/h2-9,12-13,15,28-29H,10-11,14,16H2,1H3. The quantitative estimate of drug-likeness (QED) is 0.287. The molecule has 160 valence electrons. The summed E-state index contributed by atoms with van der Waals surface area (Å²) in [5, 5.41) is 5.98. The van der Waals surface area contributed by atoms with E-state index in [0.717, 1.165) is 24.1 Å². The molecular weight excluding hydrogens is 431 g/mol. The predicted octanol–water partition coefficient (Wildman–Crippen LogP) is 6.39. The van der Waals surface area contributed by atoms with Gasteiger partial charge in [-0.05, 0) is 60.0 Å². The smallest absolute Gasteiger partial charge is 0.180 e. The average Bonchev–Trinajstić information content (AvgIpc) is 3.20. The minimum Gasteiger partial charge on any atom is -0.493 e. The summed E-state index contributed by atoms with van der Waals surface area (Å²) in [6.45, 7) is 1.93. The Morgan fingerprint density at radius 1 is 0.968 bits per heavy atom. The molecule has 0 saturated carbocycles. The molecule has 0 amide bonds. The molecule has 2 N–H and O–H groups in total. The Labute approximate surface area is 192 Å². The van der Waals surface area contributed by atoms with Crippen LogP contribution in [0.5, 0.6) is 11.5 Å². The molecule has 0 unspecified atom stereocenters. The molecule has 4 nitrogen and oxygen atoms in total. The number of para-hydroxylation sites is 1. The molecule has 4 aromatic rings. The fourth-order valence-corrected chi connectivity index (χ4v) is 3.96. The van der Waals surface area contributed by atoms with Gasteiger partial charge in [-0.1, -0.05) is 53.5 Å². The van der Waals surface area contributed by atoms with Crippen molar-refractivity contribution < 1.29 is 9.47 Å². The van der Waals surface area contributed by atoms with E-state index in [9.17, 15) is 0 Å². The topological polar surface area (TPSA) is 46.3 Å². The molecule has 3 aromatic carbocycles. The van der Waals surface area contributed by atoms with Gasteiger partial charge in [0.05, 0.1) is 12.1 Å². The summed E-state index contributed by atoms with van der Waals surface area (Å²) in [6.07, 6.45) is 3.02. The minimum absolute atomic E-state index is 0.384. The molecule has 0 atom stereocenters. The van der Waals surface area contributed by atoms with Crippen molar-refractivity contribution in [2.45, 2.75) is 19.6 Å². The summed E-state index contributed by atoms with van der Waals surface area (Å²) in [5.74, 6) is 1.16. The summed E-state index contributed by atoms with van der Waals surface area (Å²) in [4.78, 5) is 3.32. The number of nitrogens with one attached hydrogen (secondary N) is 2.